The van der Waals surface area contributed by atoms with Gasteiger partial charge in [-0.05, 0) is 28.5 Å². The van der Waals surface area contributed by atoms with Gasteiger partial charge in [-0.2, -0.15) is 11.3 Å². The first kappa shape index (κ1) is 16.2. The topological polar surface area (TPSA) is 33.7 Å². The van der Waals surface area contributed by atoms with Crippen LogP contribution in [-0.2, 0) is 0 Å². The van der Waals surface area contributed by atoms with E-state index in [1.165, 1.54) is 13.2 Å². The van der Waals surface area contributed by atoms with Gasteiger partial charge in [-0.25, -0.2) is 4.39 Å². The average molecular weight is 336 g/mol. The van der Waals surface area contributed by atoms with Gasteiger partial charge in [0.15, 0.2) is 11.5 Å². The first-order valence-corrected chi connectivity index (χ1v) is 8.57. The maximum absolute atomic E-state index is 14.8. The van der Waals surface area contributed by atoms with Gasteiger partial charge < -0.3 is 14.8 Å². The predicted molar refractivity (Wildman–Crippen MR) is 90.1 cm³/mol. The summed E-state index contributed by atoms with van der Waals surface area (Å²) >= 11 is 1.63. The van der Waals surface area contributed by atoms with Crippen LogP contribution in [0.5, 0.6) is 11.5 Å². The molecule has 0 amide bonds. The molecule has 2 aromatic rings. The molecule has 0 spiro atoms. The zero-order valence-corrected chi connectivity index (χ0v) is 14.2. The first-order valence-electron chi connectivity index (χ1n) is 7.63. The van der Waals surface area contributed by atoms with Crippen LogP contribution in [0.4, 0.5) is 4.39 Å². The van der Waals surface area contributed by atoms with Crippen LogP contribution in [0.1, 0.15) is 17.2 Å². The van der Waals surface area contributed by atoms with E-state index in [0.717, 1.165) is 31.7 Å². The number of hydrogen-bond donors (Lipinski definition) is 1. The van der Waals surface area contributed by atoms with Gasteiger partial charge in [-0.15, -0.1) is 0 Å². The number of halogens is 1. The van der Waals surface area contributed by atoms with Crippen LogP contribution < -0.4 is 14.8 Å². The Kier molecular flexibility index (Phi) is 5.15. The van der Waals surface area contributed by atoms with Crippen LogP contribution in [0.3, 0.4) is 0 Å². The number of benzene rings is 1. The summed E-state index contributed by atoms with van der Waals surface area (Å²) in [5.41, 5.74) is 1.74. The summed E-state index contributed by atoms with van der Waals surface area (Å²) in [6.45, 7) is 3.59. The summed E-state index contributed by atoms with van der Waals surface area (Å²) in [4.78, 5) is 2.31. The Morgan fingerprint density at radius 1 is 1.17 bits per heavy atom. The van der Waals surface area contributed by atoms with Gasteiger partial charge in [-0.3, -0.25) is 4.90 Å². The summed E-state index contributed by atoms with van der Waals surface area (Å²) in [5.74, 6) is 0.703. The molecule has 1 aromatic carbocycles. The SMILES string of the molecule is COc1cc(F)c([C@H](c2ccsc2)N2CCNCC2)cc1OC. The largest absolute Gasteiger partial charge is 0.493 e. The Morgan fingerprint density at radius 3 is 2.48 bits per heavy atom. The van der Waals surface area contributed by atoms with Crippen LogP contribution in [-0.4, -0.2) is 45.3 Å². The third kappa shape index (κ3) is 3.34. The molecule has 1 N–H and O–H groups in total. The number of ether oxygens (including phenoxy) is 2. The Balaban J connectivity index is 2.05. The van der Waals surface area contributed by atoms with Crippen molar-refractivity contribution in [2.24, 2.45) is 0 Å². The molecule has 0 saturated carbocycles. The van der Waals surface area contributed by atoms with Gasteiger partial charge >= 0.3 is 0 Å². The Morgan fingerprint density at radius 2 is 1.87 bits per heavy atom. The highest BCUT2D eigenvalue weighted by Crippen LogP contribution is 2.38. The minimum Gasteiger partial charge on any atom is -0.493 e. The van der Waals surface area contributed by atoms with E-state index in [2.05, 4.69) is 21.7 Å². The molecule has 1 saturated heterocycles. The quantitative estimate of drug-likeness (QED) is 0.910. The smallest absolute Gasteiger partial charge is 0.163 e. The van der Waals surface area contributed by atoms with Crippen LogP contribution in [0.15, 0.2) is 29.0 Å². The second kappa shape index (κ2) is 7.29. The molecule has 2 heterocycles. The van der Waals surface area contributed by atoms with Gasteiger partial charge in [-0.1, -0.05) is 0 Å². The van der Waals surface area contributed by atoms with Crippen molar-refractivity contribution >= 4 is 11.3 Å². The van der Waals surface area contributed by atoms with Crippen molar-refractivity contribution in [3.05, 3.63) is 45.9 Å². The number of nitrogens with one attached hydrogen (secondary N) is 1. The molecule has 3 rings (SSSR count). The number of thiophene rings is 1. The molecule has 23 heavy (non-hydrogen) atoms. The lowest BCUT2D eigenvalue weighted by Gasteiger charge is -2.35. The van der Waals surface area contributed by atoms with Crippen molar-refractivity contribution in [2.75, 3.05) is 40.4 Å². The van der Waals surface area contributed by atoms with Crippen molar-refractivity contribution < 1.29 is 13.9 Å². The minimum atomic E-state index is -0.266. The van der Waals surface area contributed by atoms with Gasteiger partial charge in [0.25, 0.3) is 0 Å². The van der Waals surface area contributed by atoms with E-state index in [1.807, 2.05) is 5.38 Å². The fourth-order valence-electron chi connectivity index (χ4n) is 3.04. The maximum atomic E-state index is 14.8. The predicted octanol–water partition coefficient (Wildman–Crippen LogP) is 2.90. The number of methoxy groups -OCH3 is 2. The molecule has 6 heteroatoms. The lowest BCUT2D eigenvalue weighted by Crippen LogP contribution is -2.45. The van der Waals surface area contributed by atoms with Crippen LogP contribution in [0.2, 0.25) is 0 Å². The molecule has 0 aliphatic carbocycles. The van der Waals surface area contributed by atoms with E-state index < -0.39 is 0 Å². The van der Waals surface area contributed by atoms with Crippen molar-refractivity contribution in [2.45, 2.75) is 6.04 Å². The Labute approximate surface area is 139 Å². The fourth-order valence-corrected chi connectivity index (χ4v) is 3.72. The molecule has 0 radical (unpaired) electrons. The molecule has 1 aliphatic heterocycles. The average Bonchev–Trinajstić information content (AvgIpc) is 3.11. The van der Waals surface area contributed by atoms with Gasteiger partial charge in [0, 0.05) is 37.8 Å². The van der Waals surface area contributed by atoms with Crippen LogP contribution >= 0.6 is 11.3 Å². The number of hydrogen-bond acceptors (Lipinski definition) is 5. The summed E-state index contributed by atoms with van der Waals surface area (Å²) in [6.07, 6.45) is 0. The highest BCUT2D eigenvalue weighted by Gasteiger charge is 2.28. The lowest BCUT2D eigenvalue weighted by molar-refractivity contribution is 0.195. The zero-order valence-electron chi connectivity index (χ0n) is 13.3. The van der Waals surface area contributed by atoms with E-state index >= 15 is 0 Å². The summed E-state index contributed by atoms with van der Waals surface area (Å²) in [5, 5.41) is 7.46. The number of nitrogens with zero attached hydrogens (tertiary/aromatic N) is 1. The molecule has 0 bridgehead atoms. The van der Waals surface area contributed by atoms with Crippen LogP contribution in [0, 0.1) is 5.82 Å². The molecular weight excluding hydrogens is 315 g/mol. The molecular formula is C17H21FN2O2S. The van der Waals surface area contributed by atoms with E-state index in [9.17, 15) is 4.39 Å². The monoisotopic (exact) mass is 336 g/mol. The van der Waals surface area contributed by atoms with Crippen LogP contribution in [0.25, 0.3) is 0 Å². The number of piperazine rings is 1. The first-order chi connectivity index (χ1) is 11.2. The van der Waals surface area contributed by atoms with Gasteiger partial charge in [0.2, 0.25) is 0 Å². The van der Waals surface area contributed by atoms with Crippen molar-refractivity contribution in [3.63, 3.8) is 0 Å². The molecule has 0 unspecified atom stereocenters. The second-order valence-corrected chi connectivity index (χ2v) is 6.25. The standard InChI is InChI=1S/C17H21FN2O2S/c1-21-15-9-13(14(18)10-16(15)22-2)17(12-3-8-23-11-12)20-6-4-19-5-7-20/h3,8-11,17,19H,4-7H2,1-2H3/t17-/m0/s1. The summed E-state index contributed by atoms with van der Waals surface area (Å²) < 4.78 is 25.3. The van der Waals surface area contributed by atoms with Crippen molar-refractivity contribution in [1.29, 1.82) is 0 Å². The van der Waals surface area contributed by atoms with E-state index in [1.54, 1.807) is 24.5 Å². The second-order valence-electron chi connectivity index (χ2n) is 5.47. The maximum Gasteiger partial charge on any atom is 0.163 e. The van der Waals surface area contributed by atoms with Gasteiger partial charge in [0.05, 0.1) is 20.3 Å². The highest BCUT2D eigenvalue weighted by molar-refractivity contribution is 7.08. The number of rotatable bonds is 5. The van der Waals surface area contributed by atoms with Gasteiger partial charge in [0.1, 0.15) is 5.82 Å². The highest BCUT2D eigenvalue weighted by atomic mass is 32.1. The van der Waals surface area contributed by atoms with E-state index in [-0.39, 0.29) is 11.9 Å². The fraction of sp³-hybridized carbons (Fsp3) is 0.412. The molecule has 124 valence electrons. The van der Waals surface area contributed by atoms with E-state index in [0.29, 0.717) is 17.1 Å². The Hall–Kier alpha value is -1.63. The lowest BCUT2D eigenvalue weighted by atomic mass is 9.97. The van der Waals surface area contributed by atoms with Crippen molar-refractivity contribution in [1.82, 2.24) is 10.2 Å². The molecule has 1 aromatic heterocycles. The zero-order chi connectivity index (χ0) is 16.2. The van der Waals surface area contributed by atoms with E-state index in [4.69, 9.17) is 9.47 Å². The molecule has 4 nitrogen and oxygen atoms in total. The Bertz CT molecular complexity index is 642. The summed E-state index contributed by atoms with van der Waals surface area (Å²) in [7, 11) is 3.09. The minimum absolute atomic E-state index is 0.108. The molecule has 1 fully saturated rings. The normalized spacial score (nSPS) is 17.0. The van der Waals surface area contributed by atoms with Crippen molar-refractivity contribution in [3.8, 4) is 11.5 Å². The molecule has 1 atom stereocenters. The third-order valence-corrected chi connectivity index (χ3v) is 4.87. The molecule has 1 aliphatic rings. The third-order valence-electron chi connectivity index (χ3n) is 4.17. The summed E-state index contributed by atoms with van der Waals surface area (Å²) in [6, 6.07) is 5.13.